The number of esters is 1. The van der Waals surface area contributed by atoms with Gasteiger partial charge in [0.2, 0.25) is 0 Å². The summed E-state index contributed by atoms with van der Waals surface area (Å²) in [5.74, 6) is -0.279. The molecule has 1 atom stereocenters. The van der Waals surface area contributed by atoms with Gasteiger partial charge in [0.25, 0.3) is 0 Å². The SMILES string of the molecule is CCCCC1=CC(OC(C)=O)c2c(Cl)cccc21. The third-order valence-electron chi connectivity index (χ3n) is 3.13. The fraction of sp³-hybridized carbons (Fsp3) is 0.400. The minimum Gasteiger partial charge on any atom is -0.453 e. The molecule has 0 aliphatic heterocycles. The van der Waals surface area contributed by atoms with Crippen LogP contribution in [-0.4, -0.2) is 5.97 Å². The highest BCUT2D eigenvalue weighted by atomic mass is 35.5. The Labute approximate surface area is 113 Å². The summed E-state index contributed by atoms with van der Waals surface area (Å²) in [5, 5.41) is 0.668. The summed E-state index contributed by atoms with van der Waals surface area (Å²) in [4.78, 5) is 11.1. The van der Waals surface area contributed by atoms with Crippen LogP contribution in [0.1, 0.15) is 50.3 Å². The Bertz CT molecular complexity index is 491. The maximum absolute atomic E-state index is 11.1. The second-order valence-corrected chi connectivity index (χ2v) is 4.93. The van der Waals surface area contributed by atoms with Gasteiger partial charge in [0.15, 0.2) is 0 Å². The van der Waals surface area contributed by atoms with Crippen molar-refractivity contribution in [1.82, 2.24) is 0 Å². The van der Waals surface area contributed by atoms with Crippen molar-refractivity contribution in [2.24, 2.45) is 0 Å². The largest absolute Gasteiger partial charge is 0.453 e. The summed E-state index contributed by atoms with van der Waals surface area (Å²) in [5.41, 5.74) is 3.29. The topological polar surface area (TPSA) is 26.3 Å². The highest BCUT2D eigenvalue weighted by Crippen LogP contribution is 2.42. The Hall–Kier alpha value is -1.28. The normalized spacial score (nSPS) is 17.3. The van der Waals surface area contributed by atoms with E-state index in [2.05, 4.69) is 6.92 Å². The van der Waals surface area contributed by atoms with Crippen LogP contribution in [0.3, 0.4) is 0 Å². The molecule has 0 amide bonds. The molecule has 0 N–H and O–H groups in total. The molecule has 0 spiro atoms. The second-order valence-electron chi connectivity index (χ2n) is 4.53. The van der Waals surface area contributed by atoms with E-state index >= 15 is 0 Å². The van der Waals surface area contributed by atoms with Crippen molar-refractivity contribution in [3.8, 4) is 0 Å². The first-order chi connectivity index (χ1) is 8.63. The molecule has 2 nitrogen and oxygen atoms in total. The Kier molecular flexibility index (Phi) is 4.07. The Morgan fingerprint density at radius 3 is 2.89 bits per heavy atom. The Morgan fingerprint density at radius 2 is 2.22 bits per heavy atom. The van der Waals surface area contributed by atoms with Crippen LogP contribution in [0, 0.1) is 0 Å². The van der Waals surface area contributed by atoms with E-state index in [1.54, 1.807) is 0 Å². The van der Waals surface area contributed by atoms with Crippen LogP contribution in [-0.2, 0) is 9.53 Å². The molecule has 3 heteroatoms. The van der Waals surface area contributed by atoms with Gasteiger partial charge in [0.05, 0.1) is 0 Å². The highest BCUT2D eigenvalue weighted by molar-refractivity contribution is 6.31. The van der Waals surface area contributed by atoms with Crippen LogP contribution in [0.2, 0.25) is 5.02 Å². The molecular formula is C15H17ClO2. The third-order valence-corrected chi connectivity index (χ3v) is 3.46. The van der Waals surface area contributed by atoms with Gasteiger partial charge in [-0.15, -0.1) is 0 Å². The molecule has 0 radical (unpaired) electrons. The molecule has 1 aromatic carbocycles. The average Bonchev–Trinajstić information content (AvgIpc) is 2.65. The number of rotatable bonds is 4. The number of halogens is 1. The summed E-state index contributed by atoms with van der Waals surface area (Å²) in [7, 11) is 0. The van der Waals surface area contributed by atoms with Gasteiger partial charge in [0, 0.05) is 17.5 Å². The summed E-state index contributed by atoms with van der Waals surface area (Å²) < 4.78 is 5.33. The van der Waals surface area contributed by atoms with E-state index in [1.807, 2.05) is 24.3 Å². The number of carbonyl (C=O) groups excluding carboxylic acids is 1. The molecule has 96 valence electrons. The summed E-state index contributed by atoms with van der Waals surface area (Å²) in [6.45, 7) is 3.59. The van der Waals surface area contributed by atoms with Crippen LogP contribution in [0.5, 0.6) is 0 Å². The number of benzene rings is 1. The standard InChI is InChI=1S/C15H17ClO2/c1-3-4-6-11-9-14(18-10(2)17)15-12(11)7-5-8-13(15)16/h5,7-9,14H,3-4,6H2,1-2H3. The molecule has 18 heavy (non-hydrogen) atoms. The average molecular weight is 265 g/mol. The zero-order valence-corrected chi connectivity index (χ0v) is 11.5. The monoisotopic (exact) mass is 264 g/mol. The van der Waals surface area contributed by atoms with Crippen LogP contribution in [0.4, 0.5) is 0 Å². The van der Waals surface area contributed by atoms with Gasteiger partial charge in [-0.2, -0.15) is 0 Å². The number of fused-ring (bicyclic) bond motifs is 1. The van der Waals surface area contributed by atoms with Crippen LogP contribution in [0.25, 0.3) is 5.57 Å². The lowest BCUT2D eigenvalue weighted by atomic mass is 10.0. The number of allylic oxidation sites excluding steroid dienone is 1. The predicted octanol–water partition coefficient (Wildman–Crippen LogP) is 4.53. The van der Waals surface area contributed by atoms with Gasteiger partial charge in [0.1, 0.15) is 6.10 Å². The molecule has 0 saturated heterocycles. The maximum Gasteiger partial charge on any atom is 0.303 e. The molecule has 2 rings (SSSR count). The van der Waals surface area contributed by atoms with Crippen molar-refractivity contribution in [2.45, 2.75) is 39.2 Å². The summed E-state index contributed by atoms with van der Waals surface area (Å²) >= 11 is 6.22. The van der Waals surface area contributed by atoms with E-state index in [1.165, 1.54) is 12.5 Å². The van der Waals surface area contributed by atoms with Gasteiger partial charge in [-0.05, 0) is 36.1 Å². The van der Waals surface area contributed by atoms with E-state index in [0.717, 1.165) is 30.4 Å². The molecule has 0 bridgehead atoms. The molecule has 0 aromatic heterocycles. The molecule has 0 heterocycles. The zero-order chi connectivity index (χ0) is 13.1. The van der Waals surface area contributed by atoms with Crippen molar-refractivity contribution in [3.05, 3.63) is 40.4 Å². The van der Waals surface area contributed by atoms with Gasteiger partial charge in [-0.1, -0.05) is 37.1 Å². The lowest BCUT2D eigenvalue weighted by Gasteiger charge is -2.12. The number of unbranched alkanes of at least 4 members (excludes halogenated alkanes) is 1. The first-order valence-corrected chi connectivity index (χ1v) is 6.68. The number of hydrogen-bond acceptors (Lipinski definition) is 2. The summed E-state index contributed by atoms with van der Waals surface area (Å²) in [6, 6.07) is 5.83. The van der Waals surface area contributed by atoms with Crippen molar-refractivity contribution < 1.29 is 9.53 Å². The van der Waals surface area contributed by atoms with Crippen molar-refractivity contribution in [2.75, 3.05) is 0 Å². The lowest BCUT2D eigenvalue weighted by Crippen LogP contribution is -2.05. The number of hydrogen-bond donors (Lipinski definition) is 0. The fourth-order valence-electron chi connectivity index (χ4n) is 2.32. The van der Waals surface area contributed by atoms with Gasteiger partial charge >= 0.3 is 5.97 Å². The molecule has 1 aliphatic rings. The van der Waals surface area contributed by atoms with E-state index in [0.29, 0.717) is 5.02 Å². The molecule has 0 fully saturated rings. The Balaban J connectivity index is 2.34. The predicted molar refractivity (Wildman–Crippen MR) is 73.5 cm³/mol. The smallest absolute Gasteiger partial charge is 0.303 e. The molecular weight excluding hydrogens is 248 g/mol. The number of ether oxygens (including phenoxy) is 1. The minimum absolute atomic E-state index is 0.279. The van der Waals surface area contributed by atoms with E-state index in [9.17, 15) is 4.79 Å². The zero-order valence-electron chi connectivity index (χ0n) is 10.7. The summed E-state index contributed by atoms with van der Waals surface area (Å²) in [6.07, 6.45) is 4.98. The van der Waals surface area contributed by atoms with Crippen molar-refractivity contribution in [1.29, 1.82) is 0 Å². The first kappa shape index (κ1) is 13.2. The van der Waals surface area contributed by atoms with Crippen molar-refractivity contribution >= 4 is 23.1 Å². The van der Waals surface area contributed by atoms with Gasteiger partial charge < -0.3 is 4.74 Å². The van der Waals surface area contributed by atoms with Crippen LogP contribution < -0.4 is 0 Å². The molecule has 0 saturated carbocycles. The molecule has 1 unspecified atom stereocenters. The van der Waals surface area contributed by atoms with Gasteiger partial charge in [-0.25, -0.2) is 0 Å². The van der Waals surface area contributed by atoms with Crippen LogP contribution >= 0.6 is 11.6 Å². The van der Waals surface area contributed by atoms with Crippen LogP contribution in [0.15, 0.2) is 24.3 Å². The first-order valence-electron chi connectivity index (χ1n) is 6.30. The lowest BCUT2D eigenvalue weighted by molar-refractivity contribution is -0.144. The maximum atomic E-state index is 11.1. The number of carbonyl (C=O) groups is 1. The minimum atomic E-state index is -0.321. The highest BCUT2D eigenvalue weighted by Gasteiger charge is 2.27. The van der Waals surface area contributed by atoms with E-state index < -0.39 is 0 Å². The molecule has 1 aromatic rings. The van der Waals surface area contributed by atoms with Crippen molar-refractivity contribution in [3.63, 3.8) is 0 Å². The van der Waals surface area contributed by atoms with Gasteiger partial charge in [-0.3, -0.25) is 4.79 Å². The second kappa shape index (κ2) is 5.57. The molecule has 1 aliphatic carbocycles. The van der Waals surface area contributed by atoms with E-state index in [-0.39, 0.29) is 12.1 Å². The fourth-order valence-corrected chi connectivity index (χ4v) is 2.60. The Morgan fingerprint density at radius 1 is 1.44 bits per heavy atom. The quantitative estimate of drug-likeness (QED) is 0.747. The third kappa shape index (κ3) is 2.59. The van der Waals surface area contributed by atoms with E-state index in [4.69, 9.17) is 16.3 Å².